The quantitative estimate of drug-likeness (QED) is 0.724. The molecule has 0 fully saturated rings. The van der Waals surface area contributed by atoms with Gasteiger partial charge in [0, 0.05) is 6.42 Å². The van der Waals surface area contributed by atoms with Crippen molar-refractivity contribution in [1.82, 2.24) is 19.7 Å². The van der Waals surface area contributed by atoms with Gasteiger partial charge in [-0.3, -0.25) is 4.79 Å². The van der Waals surface area contributed by atoms with E-state index in [1.807, 2.05) is 44.2 Å². The molecule has 0 bridgehead atoms. The van der Waals surface area contributed by atoms with Gasteiger partial charge >= 0.3 is 18.1 Å². The maximum absolute atomic E-state index is 12.9. The van der Waals surface area contributed by atoms with Gasteiger partial charge in [0.15, 0.2) is 5.82 Å². The molecule has 0 spiro atoms. The van der Waals surface area contributed by atoms with Gasteiger partial charge in [-0.15, -0.1) is 10.2 Å². The largest absolute Gasteiger partial charge is 0.490 e. The van der Waals surface area contributed by atoms with Crippen LogP contribution in [0.15, 0.2) is 30.3 Å². The van der Waals surface area contributed by atoms with E-state index in [2.05, 4.69) is 10.2 Å². The Morgan fingerprint density at radius 3 is 2.16 bits per heavy atom. The lowest BCUT2D eigenvalue weighted by Crippen LogP contribution is -2.51. The van der Waals surface area contributed by atoms with Crippen molar-refractivity contribution in [3.05, 3.63) is 47.5 Å². The van der Waals surface area contributed by atoms with Gasteiger partial charge in [-0.1, -0.05) is 44.2 Å². The predicted octanol–water partition coefficient (Wildman–Crippen LogP) is 2.38. The summed E-state index contributed by atoms with van der Waals surface area (Å²) in [6.07, 6.45) is -4.85. The first-order valence-electron chi connectivity index (χ1n) is 9.50. The molecule has 2 aromatic rings. The van der Waals surface area contributed by atoms with Crippen molar-refractivity contribution in [3.8, 4) is 0 Å². The van der Waals surface area contributed by atoms with Crippen molar-refractivity contribution in [1.29, 1.82) is 0 Å². The Kier molecular flexibility index (Phi) is 7.27. The summed E-state index contributed by atoms with van der Waals surface area (Å²) in [6.45, 7) is 6.12. The van der Waals surface area contributed by atoms with Crippen molar-refractivity contribution in [3.63, 3.8) is 0 Å². The number of carbonyl (C=O) groups is 3. The summed E-state index contributed by atoms with van der Waals surface area (Å²) in [5, 5.41) is 24.8. The number of carboxylic acids is 2. The highest BCUT2D eigenvalue weighted by Crippen LogP contribution is 2.29. The summed E-state index contributed by atoms with van der Waals surface area (Å²) in [6, 6.07) is 8.88. The Balaban J connectivity index is 0.000000451. The van der Waals surface area contributed by atoms with E-state index in [1.54, 1.807) is 11.5 Å². The molecule has 1 atom stereocenters. The van der Waals surface area contributed by atoms with Gasteiger partial charge in [-0.05, 0) is 17.9 Å². The molecule has 32 heavy (non-hydrogen) atoms. The molecule has 0 saturated heterocycles. The molecule has 12 heteroatoms. The van der Waals surface area contributed by atoms with Crippen LogP contribution in [0.25, 0.3) is 0 Å². The van der Waals surface area contributed by atoms with Crippen LogP contribution in [0.2, 0.25) is 0 Å². The van der Waals surface area contributed by atoms with E-state index >= 15 is 0 Å². The number of aryl methyl sites for hydroxylation is 1. The van der Waals surface area contributed by atoms with Crippen molar-refractivity contribution >= 4 is 17.8 Å². The van der Waals surface area contributed by atoms with Gasteiger partial charge in [0.2, 0.25) is 5.91 Å². The molecule has 0 aliphatic carbocycles. The van der Waals surface area contributed by atoms with E-state index in [4.69, 9.17) is 9.90 Å². The molecule has 2 N–H and O–H groups in total. The number of carbonyl (C=O) groups excluding carboxylic acids is 1. The molecule has 1 aromatic carbocycles. The van der Waals surface area contributed by atoms with Gasteiger partial charge in [-0.2, -0.15) is 13.2 Å². The lowest BCUT2D eigenvalue weighted by Gasteiger charge is -2.36. The summed E-state index contributed by atoms with van der Waals surface area (Å²) >= 11 is 0. The van der Waals surface area contributed by atoms with E-state index in [9.17, 15) is 27.9 Å². The number of amides is 1. The Morgan fingerprint density at radius 1 is 1.09 bits per heavy atom. The molecule has 0 radical (unpaired) electrons. The summed E-state index contributed by atoms with van der Waals surface area (Å²) in [7, 11) is 0. The zero-order valence-electron chi connectivity index (χ0n) is 17.6. The normalized spacial score (nSPS) is 15.9. The Labute approximate surface area is 181 Å². The third-order valence-electron chi connectivity index (χ3n) is 5.05. The number of alkyl halides is 3. The number of fused-ring (bicyclic) bond motifs is 1. The van der Waals surface area contributed by atoms with Crippen molar-refractivity contribution in [2.45, 2.75) is 57.9 Å². The van der Waals surface area contributed by atoms with Crippen LogP contribution < -0.4 is 0 Å². The highest BCUT2D eigenvalue weighted by atomic mass is 19.4. The van der Waals surface area contributed by atoms with Crippen LogP contribution in [0.3, 0.4) is 0 Å². The monoisotopic (exact) mass is 456 g/mol. The molecule has 1 aromatic heterocycles. The zero-order chi connectivity index (χ0) is 24.3. The third-order valence-corrected chi connectivity index (χ3v) is 5.05. The van der Waals surface area contributed by atoms with Crippen LogP contribution >= 0.6 is 0 Å². The highest BCUT2D eigenvalue weighted by molar-refractivity contribution is 5.84. The van der Waals surface area contributed by atoms with E-state index < -0.39 is 24.2 Å². The topological polar surface area (TPSA) is 126 Å². The molecule has 1 unspecified atom stereocenters. The minimum Gasteiger partial charge on any atom is -0.480 e. The first-order chi connectivity index (χ1) is 14.7. The highest BCUT2D eigenvalue weighted by Gasteiger charge is 2.39. The molecule has 174 valence electrons. The van der Waals surface area contributed by atoms with Crippen LogP contribution in [-0.2, 0) is 32.9 Å². The Bertz CT molecular complexity index is 989. The number of rotatable bonds is 4. The van der Waals surface area contributed by atoms with Gasteiger partial charge in [-0.25, -0.2) is 9.59 Å². The maximum atomic E-state index is 12.9. The van der Waals surface area contributed by atoms with Crippen LogP contribution in [0.1, 0.15) is 37.5 Å². The van der Waals surface area contributed by atoms with Gasteiger partial charge < -0.3 is 19.7 Å². The average molecular weight is 456 g/mol. The molecule has 1 aliphatic heterocycles. The lowest BCUT2D eigenvalue weighted by molar-refractivity contribution is -0.192. The number of aromatic nitrogens is 3. The van der Waals surface area contributed by atoms with Gasteiger partial charge in [0.05, 0.1) is 13.1 Å². The van der Waals surface area contributed by atoms with E-state index in [0.29, 0.717) is 11.6 Å². The minimum absolute atomic E-state index is 0.168. The maximum Gasteiger partial charge on any atom is 0.490 e. The summed E-state index contributed by atoms with van der Waals surface area (Å²) in [4.78, 5) is 34.9. The fourth-order valence-corrected chi connectivity index (χ4v) is 3.26. The van der Waals surface area contributed by atoms with E-state index in [-0.39, 0.29) is 30.8 Å². The Morgan fingerprint density at radius 2 is 1.66 bits per heavy atom. The van der Waals surface area contributed by atoms with Crippen LogP contribution in [0.4, 0.5) is 13.2 Å². The SMILES string of the molecule is Cc1nnc2n1CC(C(=O)O)N(C(=O)CC(C)(C)c1ccccc1)C2.O=C(O)C(F)(F)F. The molecule has 0 saturated carbocycles. The number of nitrogens with zero attached hydrogens (tertiary/aromatic N) is 4. The molecular formula is C20H23F3N4O5. The van der Waals surface area contributed by atoms with E-state index in [0.717, 1.165) is 5.56 Å². The summed E-state index contributed by atoms with van der Waals surface area (Å²) in [5.41, 5.74) is 0.661. The number of hydrogen-bond acceptors (Lipinski definition) is 5. The number of hydrogen-bond donors (Lipinski definition) is 2. The second-order valence-electron chi connectivity index (χ2n) is 7.88. The second-order valence-corrected chi connectivity index (χ2v) is 7.88. The average Bonchev–Trinajstić information content (AvgIpc) is 3.07. The molecule has 1 aliphatic rings. The number of carboxylic acid groups (broad SMARTS) is 2. The molecule has 1 amide bonds. The molecular weight excluding hydrogens is 433 g/mol. The van der Waals surface area contributed by atoms with E-state index in [1.165, 1.54) is 4.90 Å². The minimum atomic E-state index is -5.08. The number of halogens is 3. The molecule has 2 heterocycles. The number of aliphatic carboxylic acids is 2. The summed E-state index contributed by atoms with van der Waals surface area (Å²) < 4.78 is 33.5. The number of benzene rings is 1. The first-order valence-corrected chi connectivity index (χ1v) is 9.50. The molecule has 3 rings (SSSR count). The smallest absolute Gasteiger partial charge is 0.480 e. The van der Waals surface area contributed by atoms with Crippen LogP contribution in [0, 0.1) is 6.92 Å². The lowest BCUT2D eigenvalue weighted by atomic mass is 9.81. The fraction of sp³-hybridized carbons (Fsp3) is 0.450. The van der Waals surface area contributed by atoms with Gasteiger partial charge in [0.25, 0.3) is 0 Å². The Hall–Kier alpha value is -3.44. The molecule has 9 nitrogen and oxygen atoms in total. The predicted molar refractivity (Wildman–Crippen MR) is 105 cm³/mol. The van der Waals surface area contributed by atoms with Crippen LogP contribution in [-0.4, -0.2) is 59.9 Å². The van der Waals surface area contributed by atoms with Crippen LogP contribution in [0.5, 0.6) is 0 Å². The van der Waals surface area contributed by atoms with Gasteiger partial charge in [0.1, 0.15) is 11.9 Å². The van der Waals surface area contributed by atoms with Crippen molar-refractivity contribution in [2.24, 2.45) is 0 Å². The van der Waals surface area contributed by atoms with Crippen molar-refractivity contribution in [2.75, 3.05) is 0 Å². The standard InChI is InChI=1S/C18H22N4O3.C2HF3O2/c1-12-19-20-15-11-22(14(17(24)25)10-21(12)15)16(23)9-18(2,3)13-7-5-4-6-8-13;3-2(4,5)1(6)7/h4-8,14H,9-11H2,1-3H3,(H,24,25);(H,6,7). The second kappa shape index (κ2) is 9.37. The fourth-order valence-electron chi connectivity index (χ4n) is 3.26. The van der Waals surface area contributed by atoms with Crippen molar-refractivity contribution < 1.29 is 37.8 Å². The zero-order valence-corrected chi connectivity index (χ0v) is 17.6. The first kappa shape index (κ1) is 24.8. The third kappa shape index (κ3) is 5.83. The summed E-state index contributed by atoms with van der Waals surface area (Å²) in [5.74, 6) is -2.66.